The molecule has 0 aliphatic carbocycles. The van der Waals surface area contributed by atoms with Crippen LogP contribution in [0.1, 0.15) is 70.3 Å². The SMILES string of the molecule is CCCCCCCCCC[Si]Cc1ccc(OC)c(OCCCOC)c1. The highest BCUT2D eigenvalue weighted by molar-refractivity contribution is 6.34. The van der Waals surface area contributed by atoms with Crippen LogP contribution in [0.25, 0.3) is 0 Å². The van der Waals surface area contributed by atoms with Gasteiger partial charge in [-0.05, 0) is 23.7 Å². The van der Waals surface area contributed by atoms with Crippen molar-refractivity contribution in [2.75, 3.05) is 27.4 Å². The van der Waals surface area contributed by atoms with Gasteiger partial charge in [0.05, 0.1) is 13.7 Å². The summed E-state index contributed by atoms with van der Waals surface area (Å²) in [5.74, 6) is 1.68. The first-order chi connectivity index (χ1) is 12.8. The molecule has 0 spiro atoms. The van der Waals surface area contributed by atoms with E-state index in [1.54, 1.807) is 14.2 Å². The minimum absolute atomic E-state index is 0.661. The van der Waals surface area contributed by atoms with Crippen LogP contribution in [0.3, 0.4) is 0 Å². The molecule has 0 unspecified atom stereocenters. The lowest BCUT2D eigenvalue weighted by molar-refractivity contribution is 0.170. The molecule has 0 fully saturated rings. The summed E-state index contributed by atoms with van der Waals surface area (Å²) in [4.78, 5) is 0. The van der Waals surface area contributed by atoms with Gasteiger partial charge in [0.25, 0.3) is 0 Å². The number of hydrogen-bond acceptors (Lipinski definition) is 3. The van der Waals surface area contributed by atoms with Crippen molar-refractivity contribution in [1.82, 2.24) is 0 Å². The summed E-state index contributed by atoms with van der Waals surface area (Å²) in [6.45, 7) is 3.66. The fraction of sp³-hybridized carbons (Fsp3) is 0.727. The van der Waals surface area contributed by atoms with E-state index in [1.165, 1.54) is 63.0 Å². The molecule has 3 nitrogen and oxygen atoms in total. The molecule has 26 heavy (non-hydrogen) atoms. The molecule has 0 amide bonds. The van der Waals surface area contributed by atoms with Crippen LogP contribution >= 0.6 is 0 Å². The Morgan fingerprint density at radius 2 is 1.54 bits per heavy atom. The Morgan fingerprint density at radius 1 is 0.808 bits per heavy atom. The molecule has 1 aromatic rings. The Bertz CT molecular complexity index is 451. The second kappa shape index (κ2) is 16.2. The lowest BCUT2D eigenvalue weighted by Gasteiger charge is -2.12. The molecule has 148 valence electrons. The summed E-state index contributed by atoms with van der Waals surface area (Å²) < 4.78 is 16.3. The first-order valence-corrected chi connectivity index (χ1v) is 11.7. The van der Waals surface area contributed by atoms with E-state index in [4.69, 9.17) is 14.2 Å². The first kappa shape index (κ1) is 23.0. The van der Waals surface area contributed by atoms with Crippen LogP contribution in [-0.4, -0.2) is 37.0 Å². The number of unbranched alkanes of at least 4 members (excludes halogenated alkanes) is 7. The summed E-state index contributed by atoms with van der Waals surface area (Å²) >= 11 is 0. The molecule has 0 bridgehead atoms. The van der Waals surface area contributed by atoms with Crippen molar-refractivity contribution in [2.45, 2.75) is 76.8 Å². The highest BCUT2D eigenvalue weighted by Gasteiger charge is 2.06. The Balaban J connectivity index is 2.19. The van der Waals surface area contributed by atoms with E-state index in [9.17, 15) is 0 Å². The van der Waals surface area contributed by atoms with Gasteiger partial charge in [-0.25, -0.2) is 0 Å². The maximum Gasteiger partial charge on any atom is 0.161 e. The van der Waals surface area contributed by atoms with Gasteiger partial charge in [0.2, 0.25) is 0 Å². The zero-order valence-electron chi connectivity index (χ0n) is 17.1. The van der Waals surface area contributed by atoms with E-state index in [0.29, 0.717) is 6.61 Å². The predicted molar refractivity (Wildman–Crippen MR) is 112 cm³/mol. The molecule has 0 aliphatic heterocycles. The fourth-order valence-corrected chi connectivity index (χ4v) is 4.13. The molecule has 1 aromatic carbocycles. The Morgan fingerprint density at radius 3 is 2.23 bits per heavy atom. The van der Waals surface area contributed by atoms with Crippen LogP contribution in [0.4, 0.5) is 0 Å². The molecule has 4 heteroatoms. The van der Waals surface area contributed by atoms with Gasteiger partial charge in [-0.15, -0.1) is 0 Å². The summed E-state index contributed by atoms with van der Waals surface area (Å²) in [6, 6.07) is 8.84. The van der Waals surface area contributed by atoms with Gasteiger partial charge in [0.1, 0.15) is 0 Å². The number of benzene rings is 1. The minimum atomic E-state index is 0.661. The van der Waals surface area contributed by atoms with Crippen molar-refractivity contribution in [3.8, 4) is 11.5 Å². The normalized spacial score (nSPS) is 10.9. The molecule has 0 saturated heterocycles. The quantitative estimate of drug-likeness (QED) is 0.250. The molecular formula is C22H38O3Si. The van der Waals surface area contributed by atoms with Crippen molar-refractivity contribution in [3.05, 3.63) is 23.8 Å². The second-order valence-corrected chi connectivity index (χ2v) is 8.19. The smallest absolute Gasteiger partial charge is 0.161 e. The van der Waals surface area contributed by atoms with Crippen molar-refractivity contribution < 1.29 is 14.2 Å². The van der Waals surface area contributed by atoms with E-state index in [1.807, 2.05) is 6.07 Å². The van der Waals surface area contributed by atoms with E-state index < -0.39 is 0 Å². The van der Waals surface area contributed by atoms with Crippen LogP contribution in [0.2, 0.25) is 6.04 Å². The molecular weight excluding hydrogens is 340 g/mol. The van der Waals surface area contributed by atoms with E-state index in [-0.39, 0.29) is 0 Å². The largest absolute Gasteiger partial charge is 0.493 e. The standard InChI is InChI=1S/C22H38O3Si/c1-4-5-6-7-8-9-10-11-17-26-19-20-13-14-21(24-3)22(18-20)25-16-12-15-23-2/h13-14,18H,4-12,15-17,19H2,1-3H3. The topological polar surface area (TPSA) is 27.7 Å². The summed E-state index contributed by atoms with van der Waals surface area (Å²) in [5, 5.41) is 0. The fourth-order valence-electron chi connectivity index (χ4n) is 2.95. The van der Waals surface area contributed by atoms with Gasteiger partial charge < -0.3 is 14.2 Å². The third-order valence-corrected chi connectivity index (χ3v) is 5.88. The van der Waals surface area contributed by atoms with Crippen molar-refractivity contribution in [1.29, 1.82) is 0 Å². The third kappa shape index (κ3) is 10.9. The third-order valence-electron chi connectivity index (χ3n) is 4.51. The van der Waals surface area contributed by atoms with E-state index in [0.717, 1.165) is 40.1 Å². The van der Waals surface area contributed by atoms with Crippen molar-refractivity contribution in [3.63, 3.8) is 0 Å². The van der Waals surface area contributed by atoms with Crippen LogP contribution in [0.15, 0.2) is 18.2 Å². The van der Waals surface area contributed by atoms with Gasteiger partial charge in [0.15, 0.2) is 11.5 Å². The van der Waals surface area contributed by atoms with Gasteiger partial charge in [0, 0.05) is 29.7 Å². The van der Waals surface area contributed by atoms with Gasteiger partial charge in [-0.3, -0.25) is 0 Å². The lowest BCUT2D eigenvalue weighted by atomic mass is 10.1. The number of methoxy groups -OCH3 is 2. The van der Waals surface area contributed by atoms with Crippen LogP contribution in [0.5, 0.6) is 11.5 Å². The molecule has 0 atom stereocenters. The van der Waals surface area contributed by atoms with E-state index in [2.05, 4.69) is 19.1 Å². The molecule has 0 heterocycles. The van der Waals surface area contributed by atoms with E-state index >= 15 is 0 Å². The molecule has 0 aromatic heterocycles. The highest BCUT2D eigenvalue weighted by Crippen LogP contribution is 2.28. The maximum absolute atomic E-state index is 5.87. The number of hydrogen-bond donors (Lipinski definition) is 0. The highest BCUT2D eigenvalue weighted by atomic mass is 28.2. The zero-order valence-corrected chi connectivity index (χ0v) is 18.1. The average molecular weight is 379 g/mol. The van der Waals surface area contributed by atoms with Gasteiger partial charge >= 0.3 is 0 Å². The Kier molecular flexibility index (Phi) is 14.3. The van der Waals surface area contributed by atoms with Crippen molar-refractivity contribution in [2.24, 2.45) is 0 Å². The molecule has 0 aliphatic rings. The summed E-state index contributed by atoms with van der Waals surface area (Å²) in [7, 11) is 4.41. The maximum atomic E-state index is 5.87. The Labute approximate surface area is 163 Å². The first-order valence-electron chi connectivity index (χ1n) is 10.3. The molecule has 2 radical (unpaired) electrons. The van der Waals surface area contributed by atoms with Crippen molar-refractivity contribution >= 4 is 9.52 Å². The van der Waals surface area contributed by atoms with Gasteiger partial charge in [-0.2, -0.15) is 0 Å². The molecule has 0 N–H and O–H groups in total. The van der Waals surface area contributed by atoms with Gasteiger partial charge in [-0.1, -0.05) is 70.4 Å². The molecule has 0 saturated carbocycles. The van der Waals surface area contributed by atoms with Crippen LogP contribution < -0.4 is 9.47 Å². The summed E-state index contributed by atoms with van der Waals surface area (Å²) in [5.41, 5.74) is 1.35. The zero-order chi connectivity index (χ0) is 18.9. The second-order valence-electron chi connectivity index (χ2n) is 6.83. The molecule has 1 rings (SSSR count). The predicted octanol–water partition coefficient (Wildman–Crippen LogP) is 5.87. The van der Waals surface area contributed by atoms with Crippen LogP contribution in [-0.2, 0) is 10.8 Å². The van der Waals surface area contributed by atoms with Crippen LogP contribution in [0, 0.1) is 0 Å². The summed E-state index contributed by atoms with van der Waals surface area (Å²) in [6.07, 6.45) is 12.1. The average Bonchev–Trinajstić information content (AvgIpc) is 2.67. The Hall–Kier alpha value is -1.00. The minimum Gasteiger partial charge on any atom is -0.493 e. The number of rotatable bonds is 17. The number of ether oxygens (including phenoxy) is 3. The lowest BCUT2D eigenvalue weighted by Crippen LogP contribution is -2.04. The monoisotopic (exact) mass is 378 g/mol.